The number of aryl methyl sites for hydroxylation is 1. The van der Waals surface area contributed by atoms with Gasteiger partial charge in [0.15, 0.2) is 0 Å². The minimum absolute atomic E-state index is 0.219. The molecule has 0 bridgehead atoms. The Balaban J connectivity index is 1.86. The molecule has 2 rings (SSSR count). The van der Waals surface area contributed by atoms with Crippen molar-refractivity contribution in [1.82, 2.24) is 31.0 Å². The van der Waals surface area contributed by atoms with E-state index in [9.17, 15) is 19.5 Å². The molecule has 0 spiro atoms. The Morgan fingerprint density at radius 3 is 2.72 bits per heavy atom. The number of nitrogens with two attached hydrogens (primary N) is 1. The molecule has 1 heterocycles. The third-order valence-corrected chi connectivity index (χ3v) is 5.42. The van der Waals surface area contributed by atoms with E-state index in [0.717, 1.165) is 42.5 Å². The average molecular weight is 500 g/mol. The van der Waals surface area contributed by atoms with Gasteiger partial charge >= 0.3 is 5.97 Å². The third-order valence-electron chi connectivity index (χ3n) is 5.42. The Kier molecular flexibility index (Phi) is 12.0. The minimum Gasteiger partial charge on any atom is -0.480 e. The lowest BCUT2D eigenvalue weighted by Gasteiger charge is -2.15. The summed E-state index contributed by atoms with van der Waals surface area (Å²) in [5, 5.41) is 25.9. The molecule has 11 nitrogen and oxygen atoms in total. The van der Waals surface area contributed by atoms with Gasteiger partial charge in [-0.25, -0.2) is 4.79 Å². The Morgan fingerprint density at radius 1 is 1.19 bits per heavy atom. The minimum atomic E-state index is -1.21. The van der Waals surface area contributed by atoms with Crippen LogP contribution in [0.1, 0.15) is 49.4 Å². The maximum Gasteiger partial charge on any atom is 0.328 e. The van der Waals surface area contributed by atoms with Gasteiger partial charge in [-0.3, -0.25) is 14.3 Å². The van der Waals surface area contributed by atoms with Crippen molar-refractivity contribution in [2.45, 2.75) is 51.6 Å². The molecule has 0 aliphatic carbocycles. The number of allylic oxidation sites excluding steroid dienone is 1. The van der Waals surface area contributed by atoms with Crippen molar-refractivity contribution in [1.29, 1.82) is 0 Å². The van der Waals surface area contributed by atoms with Crippen LogP contribution in [0, 0.1) is 0 Å². The smallest absolute Gasteiger partial charge is 0.328 e. The molecular weight excluding hydrogens is 462 g/mol. The first-order valence-corrected chi connectivity index (χ1v) is 12.1. The van der Waals surface area contributed by atoms with E-state index in [1.54, 1.807) is 24.5 Å². The Bertz CT molecular complexity index is 1060. The van der Waals surface area contributed by atoms with Gasteiger partial charge in [0.1, 0.15) is 6.04 Å². The zero-order valence-electron chi connectivity index (χ0n) is 20.8. The van der Waals surface area contributed by atoms with E-state index >= 15 is 0 Å². The number of unbranched alkanes of at least 4 members (excludes halogenated alkanes) is 2. The lowest BCUT2D eigenvalue weighted by Crippen LogP contribution is -2.48. The molecule has 1 aromatic heterocycles. The maximum atomic E-state index is 12.6. The van der Waals surface area contributed by atoms with Crippen LogP contribution in [0.5, 0.6) is 0 Å². The van der Waals surface area contributed by atoms with Crippen molar-refractivity contribution in [3.8, 4) is 0 Å². The molecule has 7 N–H and O–H groups in total. The standard InChI is InChI=1S/C25H37N7O4/c1-3-12-27-18(2)28-13-7-14-32-22-10-9-19(15-20(22)16-30-32)24(34)29-17-21(25(35)36)31-23(33)8-5-4-6-11-26/h3,9-10,12,15-16,21,27-28H,2,4-8,11,13-14,17,26H2,1H3,(H,29,34)(H,31,33)(H,35,36)/b12-3-/t21-/m0/s1. The van der Waals surface area contributed by atoms with Crippen molar-refractivity contribution in [2.75, 3.05) is 19.6 Å². The quantitative estimate of drug-likeness (QED) is 0.178. The van der Waals surface area contributed by atoms with Crippen LogP contribution < -0.4 is 27.0 Å². The van der Waals surface area contributed by atoms with Gasteiger partial charge in [0.05, 0.1) is 17.5 Å². The number of amides is 2. The van der Waals surface area contributed by atoms with E-state index in [1.807, 2.05) is 23.7 Å². The van der Waals surface area contributed by atoms with Crippen LogP contribution in [0.2, 0.25) is 0 Å². The number of benzene rings is 1. The molecule has 0 saturated heterocycles. The first kappa shape index (κ1) is 28.4. The topological polar surface area (TPSA) is 163 Å². The maximum absolute atomic E-state index is 12.6. The molecule has 1 atom stereocenters. The van der Waals surface area contributed by atoms with Crippen LogP contribution in [-0.2, 0) is 16.1 Å². The van der Waals surface area contributed by atoms with E-state index in [4.69, 9.17) is 5.73 Å². The largest absolute Gasteiger partial charge is 0.480 e. The number of rotatable bonds is 17. The molecule has 0 fully saturated rings. The van der Waals surface area contributed by atoms with Crippen LogP contribution in [0.3, 0.4) is 0 Å². The van der Waals surface area contributed by atoms with E-state index < -0.39 is 17.9 Å². The summed E-state index contributed by atoms with van der Waals surface area (Å²) < 4.78 is 1.87. The molecule has 0 aliphatic rings. The fourth-order valence-corrected chi connectivity index (χ4v) is 3.48. The lowest BCUT2D eigenvalue weighted by atomic mass is 10.1. The molecule has 196 valence electrons. The fraction of sp³-hybridized carbons (Fsp3) is 0.440. The van der Waals surface area contributed by atoms with E-state index in [0.29, 0.717) is 25.1 Å². The first-order valence-electron chi connectivity index (χ1n) is 12.1. The lowest BCUT2D eigenvalue weighted by molar-refractivity contribution is -0.141. The van der Waals surface area contributed by atoms with Gasteiger partial charge < -0.3 is 32.1 Å². The predicted molar refractivity (Wildman–Crippen MR) is 139 cm³/mol. The Hall–Kier alpha value is -3.86. The second-order valence-corrected chi connectivity index (χ2v) is 8.31. The second-order valence-electron chi connectivity index (χ2n) is 8.31. The highest BCUT2D eigenvalue weighted by atomic mass is 16.4. The summed E-state index contributed by atoms with van der Waals surface area (Å²) >= 11 is 0. The normalized spacial score (nSPS) is 11.8. The van der Waals surface area contributed by atoms with Gasteiger partial charge in [0, 0.05) is 37.0 Å². The van der Waals surface area contributed by atoms with E-state index in [-0.39, 0.29) is 18.9 Å². The fourth-order valence-electron chi connectivity index (χ4n) is 3.48. The molecule has 0 aliphatic heterocycles. The van der Waals surface area contributed by atoms with E-state index in [2.05, 4.69) is 32.9 Å². The number of aliphatic carboxylic acids is 1. The number of aromatic nitrogens is 2. The van der Waals surface area contributed by atoms with Crippen LogP contribution in [0.4, 0.5) is 0 Å². The number of fused-ring (bicyclic) bond motifs is 1. The highest BCUT2D eigenvalue weighted by molar-refractivity contribution is 5.98. The van der Waals surface area contributed by atoms with Crippen LogP contribution in [0.25, 0.3) is 10.9 Å². The third kappa shape index (κ3) is 9.41. The van der Waals surface area contributed by atoms with E-state index in [1.165, 1.54) is 0 Å². The van der Waals surface area contributed by atoms with Gasteiger partial charge in [0.25, 0.3) is 5.91 Å². The molecular formula is C25H37N7O4. The molecule has 36 heavy (non-hydrogen) atoms. The van der Waals surface area contributed by atoms with Gasteiger partial charge in [0.2, 0.25) is 5.91 Å². The molecule has 0 radical (unpaired) electrons. The molecule has 11 heteroatoms. The molecule has 2 aromatic rings. The summed E-state index contributed by atoms with van der Waals surface area (Å²) in [7, 11) is 0. The van der Waals surface area contributed by atoms with Crippen molar-refractivity contribution in [3.05, 3.63) is 54.6 Å². The number of carbonyl (C=O) groups excluding carboxylic acids is 2. The number of nitrogens with zero attached hydrogens (tertiary/aromatic N) is 2. The van der Waals surface area contributed by atoms with Crippen molar-refractivity contribution in [3.63, 3.8) is 0 Å². The zero-order valence-corrected chi connectivity index (χ0v) is 20.8. The summed E-state index contributed by atoms with van der Waals surface area (Å²) in [5.74, 6) is -1.28. The second kappa shape index (κ2) is 15.2. The Labute approximate surface area is 211 Å². The summed E-state index contributed by atoms with van der Waals surface area (Å²) in [6.45, 7) is 7.54. The summed E-state index contributed by atoms with van der Waals surface area (Å²) in [6, 6.07) is 3.99. The summed E-state index contributed by atoms with van der Waals surface area (Å²) in [5.41, 5.74) is 6.70. The number of hydrogen-bond acceptors (Lipinski definition) is 7. The van der Waals surface area contributed by atoms with Crippen LogP contribution in [0.15, 0.2) is 49.1 Å². The SMILES string of the molecule is C=C(N/C=C\C)NCCCn1ncc2cc(C(=O)NC[C@H](NC(=O)CCCCCN)C(=O)O)ccc21. The first-order chi connectivity index (χ1) is 17.3. The summed E-state index contributed by atoms with van der Waals surface area (Å²) in [6.07, 6.45) is 8.67. The summed E-state index contributed by atoms with van der Waals surface area (Å²) in [4.78, 5) is 36.2. The predicted octanol–water partition coefficient (Wildman–Crippen LogP) is 1.43. The average Bonchev–Trinajstić information content (AvgIpc) is 3.27. The number of nitrogens with one attached hydrogen (secondary N) is 4. The van der Waals surface area contributed by atoms with Gasteiger partial charge in [-0.05, 0) is 57.1 Å². The van der Waals surface area contributed by atoms with Crippen molar-refractivity contribution in [2.24, 2.45) is 5.73 Å². The highest BCUT2D eigenvalue weighted by Crippen LogP contribution is 2.16. The Morgan fingerprint density at radius 2 is 2.00 bits per heavy atom. The number of hydrogen-bond donors (Lipinski definition) is 6. The monoisotopic (exact) mass is 499 g/mol. The number of carboxylic acid groups (broad SMARTS) is 1. The van der Waals surface area contributed by atoms with Crippen molar-refractivity contribution >= 4 is 28.7 Å². The van der Waals surface area contributed by atoms with Crippen LogP contribution >= 0.6 is 0 Å². The van der Waals surface area contributed by atoms with Crippen molar-refractivity contribution < 1.29 is 19.5 Å². The number of carbonyl (C=O) groups is 3. The number of carboxylic acids is 1. The van der Waals surface area contributed by atoms with Gasteiger partial charge in [-0.15, -0.1) is 0 Å². The molecule has 2 amide bonds. The molecule has 0 unspecified atom stereocenters. The zero-order chi connectivity index (χ0) is 26.3. The highest BCUT2D eigenvalue weighted by Gasteiger charge is 2.21. The van der Waals surface area contributed by atoms with Gasteiger partial charge in [-0.1, -0.05) is 19.1 Å². The van der Waals surface area contributed by atoms with Crippen LogP contribution in [-0.4, -0.2) is 58.3 Å². The molecule has 1 aromatic carbocycles. The molecule has 0 saturated carbocycles. The van der Waals surface area contributed by atoms with Gasteiger partial charge in [-0.2, -0.15) is 5.10 Å².